The number of hydrogen-bond acceptors (Lipinski definition) is 4. The second kappa shape index (κ2) is 6.02. The van der Waals surface area contributed by atoms with E-state index in [1.807, 2.05) is 19.1 Å². The van der Waals surface area contributed by atoms with E-state index in [0.29, 0.717) is 12.5 Å². The summed E-state index contributed by atoms with van der Waals surface area (Å²) in [4.78, 5) is 12.5. The summed E-state index contributed by atoms with van der Waals surface area (Å²) in [5, 5.41) is 0. The molecule has 2 heterocycles. The zero-order valence-corrected chi connectivity index (χ0v) is 12.7. The van der Waals surface area contributed by atoms with Crippen LogP contribution in [0.15, 0.2) is 12.1 Å². The molecule has 21 heavy (non-hydrogen) atoms. The number of fused-ring (bicyclic) bond motifs is 1. The summed E-state index contributed by atoms with van der Waals surface area (Å²) < 4.78 is 5.43. The fourth-order valence-corrected chi connectivity index (χ4v) is 3.35. The molecule has 5 heteroatoms. The zero-order chi connectivity index (χ0) is 14.7. The third kappa shape index (κ3) is 3.02. The van der Waals surface area contributed by atoms with Crippen LogP contribution >= 0.6 is 0 Å². The van der Waals surface area contributed by atoms with Gasteiger partial charge in [-0.1, -0.05) is 19.3 Å². The van der Waals surface area contributed by atoms with Gasteiger partial charge >= 0.3 is 0 Å². The number of nitrogens with two attached hydrogens (primary N) is 1. The van der Waals surface area contributed by atoms with Gasteiger partial charge in [0.25, 0.3) is 0 Å². The molecule has 1 aliphatic carbocycles. The van der Waals surface area contributed by atoms with Crippen molar-refractivity contribution in [3.63, 3.8) is 0 Å². The first-order valence-corrected chi connectivity index (χ1v) is 7.93. The fraction of sp³-hybridized carbons (Fsp3) is 0.625. The Morgan fingerprint density at radius 3 is 2.76 bits per heavy atom. The van der Waals surface area contributed by atoms with Crippen LogP contribution in [0.2, 0.25) is 0 Å². The summed E-state index contributed by atoms with van der Waals surface area (Å²) in [5.74, 6) is 1.63. The van der Waals surface area contributed by atoms with Crippen LogP contribution < -0.4 is 10.5 Å². The Hall–Kier alpha value is -1.62. The van der Waals surface area contributed by atoms with E-state index in [0.717, 1.165) is 30.0 Å². The molecule has 1 fully saturated rings. The molecule has 1 saturated carbocycles. The van der Waals surface area contributed by atoms with Crippen LogP contribution in [0.1, 0.15) is 44.9 Å². The topological polar surface area (TPSA) is 76.8 Å². The molecule has 0 unspecified atom stereocenters. The summed E-state index contributed by atoms with van der Waals surface area (Å²) in [7, 11) is 0. The van der Waals surface area contributed by atoms with E-state index in [1.54, 1.807) is 0 Å². The normalized spacial score (nSPS) is 18.0. The largest absolute Gasteiger partial charge is 0.478 e. The van der Waals surface area contributed by atoms with Gasteiger partial charge in [0, 0.05) is 12.5 Å². The number of nitrogens with zero attached hydrogens (tertiary/aromatic N) is 2. The van der Waals surface area contributed by atoms with E-state index < -0.39 is 0 Å². The van der Waals surface area contributed by atoms with Gasteiger partial charge < -0.3 is 15.5 Å². The van der Waals surface area contributed by atoms with Gasteiger partial charge in [-0.25, -0.2) is 4.98 Å². The first-order valence-electron chi connectivity index (χ1n) is 7.93. The Labute approximate surface area is 125 Å². The Balaban J connectivity index is 1.83. The van der Waals surface area contributed by atoms with Crippen LogP contribution in [0.3, 0.4) is 0 Å². The summed E-state index contributed by atoms with van der Waals surface area (Å²) >= 11 is 0. The molecular formula is C16H24N4O. The van der Waals surface area contributed by atoms with Crippen molar-refractivity contribution >= 4 is 11.2 Å². The van der Waals surface area contributed by atoms with Gasteiger partial charge in [0.15, 0.2) is 5.65 Å². The Bertz CT molecular complexity index is 601. The van der Waals surface area contributed by atoms with Crippen molar-refractivity contribution in [3.05, 3.63) is 18.0 Å². The molecule has 3 N–H and O–H groups in total. The third-order valence-corrected chi connectivity index (χ3v) is 4.55. The van der Waals surface area contributed by atoms with Crippen LogP contribution in [0.25, 0.3) is 11.2 Å². The Kier molecular flexibility index (Phi) is 4.10. The van der Waals surface area contributed by atoms with Gasteiger partial charge in [-0.05, 0) is 37.8 Å². The van der Waals surface area contributed by atoms with Crippen molar-refractivity contribution in [3.8, 4) is 5.88 Å². The van der Waals surface area contributed by atoms with E-state index >= 15 is 0 Å². The average molecular weight is 288 g/mol. The van der Waals surface area contributed by atoms with Crippen LogP contribution in [0.5, 0.6) is 5.88 Å². The monoisotopic (exact) mass is 288 g/mol. The van der Waals surface area contributed by atoms with Gasteiger partial charge in [-0.2, -0.15) is 4.98 Å². The lowest BCUT2D eigenvalue weighted by molar-refractivity contribution is 0.194. The quantitative estimate of drug-likeness (QED) is 0.887. The number of aromatic nitrogens is 3. The average Bonchev–Trinajstić information content (AvgIpc) is 2.90. The SMILES string of the molecule is CCOc1ccc2[nH]c(CC3(CN)CCCCC3)nc2n1. The maximum Gasteiger partial charge on any atom is 0.215 e. The Morgan fingerprint density at radius 1 is 1.24 bits per heavy atom. The van der Waals surface area contributed by atoms with Crippen molar-refractivity contribution in [1.29, 1.82) is 0 Å². The van der Waals surface area contributed by atoms with Crippen LogP contribution in [0, 0.1) is 5.41 Å². The summed E-state index contributed by atoms with van der Waals surface area (Å²) in [6, 6.07) is 3.87. The molecule has 3 rings (SSSR count). The molecule has 0 aromatic carbocycles. The van der Waals surface area contributed by atoms with Crippen molar-refractivity contribution < 1.29 is 4.74 Å². The minimum atomic E-state index is 0.217. The lowest BCUT2D eigenvalue weighted by Crippen LogP contribution is -2.35. The molecule has 0 aliphatic heterocycles. The van der Waals surface area contributed by atoms with Crippen LogP contribution in [-0.4, -0.2) is 28.1 Å². The van der Waals surface area contributed by atoms with Gasteiger partial charge in [-0.15, -0.1) is 0 Å². The maximum atomic E-state index is 6.07. The predicted octanol–water partition coefficient (Wildman–Crippen LogP) is 2.81. The molecule has 2 aromatic heterocycles. The highest BCUT2D eigenvalue weighted by molar-refractivity contribution is 5.71. The van der Waals surface area contributed by atoms with Gasteiger partial charge in [0.2, 0.25) is 5.88 Å². The lowest BCUT2D eigenvalue weighted by atomic mass is 9.72. The van der Waals surface area contributed by atoms with E-state index in [2.05, 4.69) is 15.0 Å². The molecule has 114 valence electrons. The highest BCUT2D eigenvalue weighted by Crippen LogP contribution is 2.38. The van der Waals surface area contributed by atoms with Crippen molar-refractivity contribution in [2.45, 2.75) is 45.4 Å². The van der Waals surface area contributed by atoms with Gasteiger partial charge in [0.1, 0.15) is 5.82 Å². The first-order chi connectivity index (χ1) is 10.2. The van der Waals surface area contributed by atoms with E-state index in [9.17, 15) is 0 Å². The first kappa shape index (κ1) is 14.3. The molecular weight excluding hydrogens is 264 g/mol. The fourth-order valence-electron chi connectivity index (χ4n) is 3.35. The maximum absolute atomic E-state index is 6.07. The zero-order valence-electron chi connectivity index (χ0n) is 12.7. The number of nitrogens with one attached hydrogen (secondary N) is 1. The number of imidazole rings is 1. The number of rotatable bonds is 5. The van der Waals surface area contributed by atoms with Crippen LogP contribution in [0.4, 0.5) is 0 Å². The predicted molar refractivity (Wildman–Crippen MR) is 83.3 cm³/mol. The molecule has 0 atom stereocenters. The number of pyridine rings is 1. The summed E-state index contributed by atoms with van der Waals surface area (Å²) in [5.41, 5.74) is 7.99. The van der Waals surface area contributed by atoms with E-state index in [-0.39, 0.29) is 5.41 Å². The van der Waals surface area contributed by atoms with Crippen LogP contribution in [-0.2, 0) is 6.42 Å². The van der Waals surface area contributed by atoms with E-state index in [1.165, 1.54) is 32.1 Å². The minimum Gasteiger partial charge on any atom is -0.478 e. The molecule has 0 amide bonds. The van der Waals surface area contributed by atoms with Crippen molar-refractivity contribution in [2.75, 3.05) is 13.2 Å². The second-order valence-corrected chi connectivity index (χ2v) is 6.08. The molecule has 5 nitrogen and oxygen atoms in total. The third-order valence-electron chi connectivity index (χ3n) is 4.55. The molecule has 1 aliphatic rings. The highest BCUT2D eigenvalue weighted by Gasteiger charge is 2.31. The second-order valence-electron chi connectivity index (χ2n) is 6.08. The standard InChI is InChI=1S/C16H24N4O/c1-2-21-14-7-6-12-15(20-14)19-13(18-12)10-16(11-17)8-4-3-5-9-16/h6-7H,2-5,8-11,17H2,1H3,(H,18,19,20). The lowest BCUT2D eigenvalue weighted by Gasteiger charge is -2.35. The van der Waals surface area contributed by atoms with Gasteiger partial charge in [-0.3, -0.25) is 0 Å². The number of hydrogen-bond donors (Lipinski definition) is 2. The molecule has 0 spiro atoms. The van der Waals surface area contributed by atoms with E-state index in [4.69, 9.17) is 10.5 Å². The van der Waals surface area contributed by atoms with Crippen molar-refractivity contribution in [2.24, 2.45) is 11.1 Å². The van der Waals surface area contributed by atoms with Gasteiger partial charge in [0.05, 0.1) is 12.1 Å². The smallest absolute Gasteiger partial charge is 0.215 e. The summed E-state index contributed by atoms with van der Waals surface area (Å²) in [6.07, 6.45) is 7.23. The molecule has 0 radical (unpaired) electrons. The number of ether oxygens (including phenoxy) is 1. The van der Waals surface area contributed by atoms with Crippen molar-refractivity contribution in [1.82, 2.24) is 15.0 Å². The highest BCUT2D eigenvalue weighted by atomic mass is 16.5. The number of H-pyrrole nitrogens is 1. The number of aromatic amines is 1. The Morgan fingerprint density at radius 2 is 2.05 bits per heavy atom. The summed E-state index contributed by atoms with van der Waals surface area (Å²) in [6.45, 7) is 3.31. The molecule has 0 saturated heterocycles. The molecule has 0 bridgehead atoms. The minimum absolute atomic E-state index is 0.217. The molecule has 2 aromatic rings.